The summed E-state index contributed by atoms with van der Waals surface area (Å²) < 4.78 is 104. The molecule has 0 saturated carbocycles. The number of piperazine rings is 2. The molecular formula is C115H148N16O16. The van der Waals surface area contributed by atoms with Crippen molar-refractivity contribution in [3.05, 3.63) is 296 Å². The highest BCUT2D eigenvalue weighted by Gasteiger charge is 2.22. The quantitative estimate of drug-likeness (QED) is 0.0167. The Morgan fingerprint density at radius 1 is 0.354 bits per heavy atom. The zero-order valence-corrected chi connectivity index (χ0v) is 86.0. The Bertz CT molecular complexity index is 5980. The third-order valence-electron chi connectivity index (χ3n) is 25.7. The number of phenolic OH excluding ortho intramolecular Hbond substituents is 1. The van der Waals surface area contributed by atoms with Gasteiger partial charge < -0.3 is 63.0 Å². The summed E-state index contributed by atoms with van der Waals surface area (Å²) >= 11 is 0. The van der Waals surface area contributed by atoms with Crippen molar-refractivity contribution in [3.8, 4) is 17.2 Å². The van der Waals surface area contributed by atoms with Gasteiger partial charge >= 0.3 is 17.9 Å². The van der Waals surface area contributed by atoms with Crippen molar-refractivity contribution in [2.75, 3.05) is 243 Å². The molecule has 32 nitrogen and oxygen atoms in total. The Morgan fingerprint density at radius 2 is 0.673 bits per heavy atom. The fraction of sp³-hybridized carbons (Fsp3) is 0.461. The molecule has 7 aliphatic heterocycles. The minimum absolute atomic E-state index is 0.0311. The third-order valence-corrected chi connectivity index (χ3v) is 25.7. The molecule has 7 fully saturated rings. The Balaban J connectivity index is 0.000000162. The number of aryl methyl sites for hydroxylation is 3. The summed E-state index contributed by atoms with van der Waals surface area (Å²) in [5.41, 5.74) is 16.0. The van der Waals surface area contributed by atoms with E-state index in [4.69, 9.17) is 44.1 Å². The van der Waals surface area contributed by atoms with Crippen LogP contribution in [0.15, 0.2) is 189 Å². The Morgan fingerprint density at radius 3 is 1.02 bits per heavy atom. The molecule has 0 atom stereocenters. The SMILES string of the molecule is CC(=O)c1ccc(CCN2CCN(C)CC2)nc1.CC(=O)c1ccc(CCN2CCNCC2)nc1.CC(=O)c1ccc(CCN2CCOCC2)nc1.CCOC(=O)c1ccc(CCN2CCOCC2)nc1.Cc1cc(O)cc(/C=C/c2ccc(OC(=O)c3ccc(CCN4CCOCC4)nc3)cc2)c1.O=C(Oc1ccc2c(c1)CCC2)c1ccc(CCN2CCOCC2)nc1.[2H]C1([2H])OC([2H])([2H])C([2H])([2H])N(CCc2ccc(C(C)=O)cn2)C1([2H])[2H]. The van der Waals surface area contributed by atoms with E-state index in [1.165, 1.54) is 42.8 Å². The van der Waals surface area contributed by atoms with E-state index in [1.54, 1.807) is 107 Å². The number of nitrogens with zero attached hydrogens (tertiary/aromatic N) is 15. The van der Waals surface area contributed by atoms with E-state index in [0.29, 0.717) is 67.6 Å². The average Bonchev–Trinajstić information content (AvgIpc) is 1.14. The van der Waals surface area contributed by atoms with E-state index in [-0.39, 0.29) is 53.8 Å². The molecule has 7 aromatic heterocycles. The van der Waals surface area contributed by atoms with Gasteiger partial charge in [-0.25, -0.2) is 14.4 Å². The summed E-state index contributed by atoms with van der Waals surface area (Å²) in [5, 5.41) is 13.0. The highest BCUT2D eigenvalue weighted by molar-refractivity contribution is 5.96. The number of ether oxygens (including phenoxy) is 8. The zero-order valence-electron chi connectivity index (χ0n) is 94.0. The molecule has 0 amide bonds. The van der Waals surface area contributed by atoms with Gasteiger partial charge in [0.1, 0.15) is 17.2 Å². The maximum Gasteiger partial charge on any atom is 0.345 e. The van der Waals surface area contributed by atoms with Crippen LogP contribution in [0.4, 0.5) is 0 Å². The molecule has 147 heavy (non-hydrogen) atoms. The van der Waals surface area contributed by atoms with Crippen molar-refractivity contribution >= 4 is 53.2 Å². The fourth-order valence-corrected chi connectivity index (χ4v) is 16.6. The first-order valence-corrected chi connectivity index (χ1v) is 51.0. The van der Waals surface area contributed by atoms with Gasteiger partial charge in [-0.05, 0) is 217 Å². The molecule has 2 N–H and O–H groups in total. The Hall–Kier alpha value is -12.2. The number of nitrogens with one attached hydrogen (secondary N) is 1. The van der Waals surface area contributed by atoms with Crippen molar-refractivity contribution in [1.29, 1.82) is 0 Å². The molecular weight excluding hydrogens is 1860 g/mol. The summed E-state index contributed by atoms with van der Waals surface area (Å²) in [4.78, 5) is 128. The molecule has 784 valence electrons. The number of carbonyl (C=O) groups excluding carboxylic acids is 7. The topological polar surface area (TPSA) is 342 Å². The predicted octanol–water partition coefficient (Wildman–Crippen LogP) is 12.3. The van der Waals surface area contributed by atoms with Crippen LogP contribution >= 0.6 is 0 Å². The number of rotatable bonds is 33. The molecule has 0 radical (unpaired) electrons. The molecule has 0 unspecified atom stereocenters. The smallest absolute Gasteiger partial charge is 0.345 e. The summed E-state index contributed by atoms with van der Waals surface area (Å²) in [6, 6.07) is 44.2. The zero-order chi connectivity index (χ0) is 111. The monoisotopic (exact) mass is 2020 g/mol. The second-order valence-electron chi connectivity index (χ2n) is 36.8. The first-order valence-electron chi connectivity index (χ1n) is 55.0. The Labute approximate surface area is 877 Å². The predicted molar refractivity (Wildman–Crippen MR) is 568 cm³/mol. The van der Waals surface area contributed by atoms with Gasteiger partial charge in [0, 0.05) is 319 Å². The first-order chi connectivity index (χ1) is 74.5. The summed E-state index contributed by atoms with van der Waals surface area (Å²) in [5.74, 6) is 0.300. The number of ketones is 4. The molecule has 0 spiro atoms. The second-order valence-corrected chi connectivity index (χ2v) is 36.8. The highest BCUT2D eigenvalue weighted by atomic mass is 16.5. The number of fused-ring (bicyclic) bond motifs is 1. The molecule has 7 saturated heterocycles. The van der Waals surface area contributed by atoms with E-state index in [1.807, 2.05) is 104 Å². The van der Waals surface area contributed by atoms with E-state index < -0.39 is 32.1 Å². The van der Waals surface area contributed by atoms with Crippen molar-refractivity contribution in [3.63, 3.8) is 0 Å². The fourth-order valence-electron chi connectivity index (χ4n) is 16.6. The first kappa shape index (κ1) is 102. The van der Waals surface area contributed by atoms with Crippen LogP contribution in [0, 0.1) is 6.92 Å². The van der Waals surface area contributed by atoms with Crippen molar-refractivity contribution in [1.82, 2.24) is 79.4 Å². The van der Waals surface area contributed by atoms with Crippen molar-refractivity contribution in [2.45, 2.75) is 106 Å². The molecule has 8 aliphatic rings. The number of esters is 3. The normalized spacial score (nSPS) is 18.6. The number of aromatic hydroxyl groups is 1. The van der Waals surface area contributed by atoms with Gasteiger partial charge in [0.15, 0.2) is 23.1 Å². The highest BCUT2D eigenvalue weighted by Crippen LogP contribution is 2.28. The van der Waals surface area contributed by atoms with Crippen molar-refractivity contribution in [2.24, 2.45) is 0 Å². The lowest BCUT2D eigenvalue weighted by Gasteiger charge is -2.32. The maximum atomic E-state index is 12.5. The van der Waals surface area contributed by atoms with Crippen LogP contribution in [0.2, 0.25) is 0 Å². The summed E-state index contributed by atoms with van der Waals surface area (Å²) in [6.07, 6.45) is 23.9. The van der Waals surface area contributed by atoms with Gasteiger partial charge in [-0.1, -0.05) is 36.4 Å². The molecule has 14 heterocycles. The largest absolute Gasteiger partial charge is 0.508 e. The number of carbonyl (C=O) groups is 7. The van der Waals surface area contributed by atoms with Gasteiger partial charge in [-0.3, -0.25) is 78.6 Å². The number of hydrogen-bond acceptors (Lipinski definition) is 32. The van der Waals surface area contributed by atoms with E-state index in [0.717, 1.165) is 299 Å². The van der Waals surface area contributed by atoms with E-state index in [2.05, 4.69) is 92.4 Å². The number of hydrogen-bond donors (Lipinski definition) is 2. The van der Waals surface area contributed by atoms with Crippen LogP contribution in [0.25, 0.3) is 12.2 Å². The standard InChI is InChI=1S/C27H28N2O4.C21H24N2O3.C14H21N3O.C14H20N2O3.C13H19N3O.2C13H18N2O2/c1-20-16-22(18-25(30)17-20)3-2-21-4-8-26(9-5-21)33-27(31)23-6-7-24(28-19-23)10-11-29-12-14-32-15-13-29;24-21(26-20-7-5-16-2-1-3-17(16)14-20)18-4-6-19(22-15-18)8-9-23-10-12-25-13-11-23;1-12(18)13-3-4-14(15-11-13)5-6-17-9-7-16(2)8-10-17;1-2-19-14(17)12-3-4-13(15-11-12)5-6-16-7-9-18-10-8-16;1-11(17)12-2-3-13(15-10-12)4-7-16-8-5-14-6-9-16;2*1-11(16)12-2-3-13(14-10-12)4-5-15-6-8-17-9-7-15/h2-9,16-19,30H,10-15H2,1H3;4-7,14-15H,1-3,8-13H2;3-4,11H,5-10H2,1-2H3;3-4,11H,2,5-10H2,1H3;2-3,10,14H,4-9H2,1H3;2*2-3,10H,4-9H2,1H3/b3-2+;;;;;;/i;;;;;6D2,7D2,8D2,9D2;. The number of aromatic nitrogens is 7. The Kier molecular flexibility index (Phi) is 43.6. The molecule has 32 heteroatoms. The van der Waals surface area contributed by atoms with Gasteiger partial charge in [0.25, 0.3) is 0 Å². The molecule has 3 aromatic carbocycles. The number of Topliss-reactive ketones (excluding diaryl/α,β-unsaturated/α-hetero) is 4. The van der Waals surface area contributed by atoms with Gasteiger partial charge in [0.05, 0.1) is 94.8 Å². The number of benzene rings is 3. The van der Waals surface area contributed by atoms with Gasteiger partial charge in [-0.15, -0.1) is 0 Å². The van der Waals surface area contributed by atoms with Crippen molar-refractivity contribution < 1.29 is 87.5 Å². The minimum Gasteiger partial charge on any atom is -0.508 e. The van der Waals surface area contributed by atoms with Crippen LogP contribution in [-0.2, 0) is 86.2 Å². The number of morpholine rings is 5. The maximum absolute atomic E-state index is 12.5. The lowest BCUT2D eigenvalue weighted by atomic mass is 10.1. The van der Waals surface area contributed by atoms with Crippen LogP contribution in [0.5, 0.6) is 17.2 Å². The van der Waals surface area contributed by atoms with Gasteiger partial charge in [0.2, 0.25) is 0 Å². The second kappa shape index (κ2) is 62.8. The lowest BCUT2D eigenvalue weighted by Crippen LogP contribution is -2.45. The summed E-state index contributed by atoms with van der Waals surface area (Å²) in [6.45, 7) is 27.3. The molecule has 0 bridgehead atoms. The third kappa shape index (κ3) is 41.8. The lowest BCUT2D eigenvalue weighted by molar-refractivity contribution is 0.0383. The number of phenols is 1. The van der Waals surface area contributed by atoms with Gasteiger partial charge in [-0.2, -0.15) is 0 Å². The van der Waals surface area contributed by atoms with E-state index in [9.17, 15) is 38.7 Å². The minimum atomic E-state index is -3.05. The average molecular weight is 2020 g/mol. The number of likely N-dealkylation sites (N-methyl/N-ethyl adjacent to an activating group) is 1. The van der Waals surface area contributed by atoms with Crippen LogP contribution < -0.4 is 14.8 Å². The van der Waals surface area contributed by atoms with Crippen LogP contribution in [0.1, 0.15) is 192 Å². The van der Waals surface area contributed by atoms with E-state index >= 15 is 0 Å². The molecule has 18 rings (SSSR count). The molecule has 1 aliphatic carbocycles. The van der Waals surface area contributed by atoms with Crippen LogP contribution in [0.3, 0.4) is 0 Å². The number of pyridine rings is 7. The summed E-state index contributed by atoms with van der Waals surface area (Å²) in [7, 11) is 2.17. The molecule has 10 aromatic rings. The van der Waals surface area contributed by atoms with Crippen LogP contribution in [-0.4, -0.2) is 363 Å².